The summed E-state index contributed by atoms with van der Waals surface area (Å²) in [5.74, 6) is 0. The summed E-state index contributed by atoms with van der Waals surface area (Å²) in [6, 6.07) is 18.8. The van der Waals surface area contributed by atoms with Crippen LogP contribution >= 0.6 is 48.3 Å². The molecule has 0 saturated heterocycles. The lowest BCUT2D eigenvalue weighted by molar-refractivity contribution is -0.118. The maximum Gasteiger partial charge on any atom is 0.217 e. The maximum absolute atomic E-state index is 12.2. The molecule has 140 valence electrons. The number of benzene rings is 2. The molecule has 0 aliphatic carbocycles. The lowest BCUT2D eigenvalue weighted by Crippen LogP contribution is -2.23. The van der Waals surface area contributed by atoms with Crippen LogP contribution in [-0.2, 0) is 9.59 Å². The third-order valence-corrected chi connectivity index (χ3v) is 6.24. The largest absolute Gasteiger partial charge is 0.303 e. The highest BCUT2D eigenvalue weighted by Crippen LogP contribution is 2.21. The molecule has 0 N–H and O–H groups in total. The van der Waals surface area contributed by atoms with E-state index in [1.54, 1.807) is 22.7 Å². The average Bonchev–Trinajstić information content (AvgIpc) is 2.67. The van der Waals surface area contributed by atoms with Crippen molar-refractivity contribution in [3.8, 4) is 0 Å². The van der Waals surface area contributed by atoms with E-state index >= 15 is 0 Å². The van der Waals surface area contributed by atoms with Crippen LogP contribution in [0, 0.1) is 0 Å². The highest BCUT2D eigenvalue weighted by Gasteiger charge is 2.19. The van der Waals surface area contributed by atoms with E-state index in [0.717, 1.165) is 35.0 Å². The van der Waals surface area contributed by atoms with Crippen LogP contribution in [0.5, 0.6) is 0 Å². The van der Waals surface area contributed by atoms with Gasteiger partial charge in [-0.3, -0.25) is 9.59 Å². The molecule has 2 aromatic rings. The summed E-state index contributed by atoms with van der Waals surface area (Å²) in [4.78, 5) is 25.5. The molecule has 2 aromatic carbocycles. The Morgan fingerprint density at radius 1 is 0.741 bits per heavy atom. The molecular formula is C19H18N2O2S4. The van der Waals surface area contributed by atoms with Crippen LogP contribution in [0.2, 0.25) is 0 Å². The van der Waals surface area contributed by atoms with E-state index in [1.807, 2.05) is 60.7 Å². The number of carbonyl (C=O) groups is 2. The van der Waals surface area contributed by atoms with Crippen molar-refractivity contribution in [2.75, 3.05) is 14.1 Å². The van der Waals surface area contributed by atoms with Gasteiger partial charge in [-0.05, 0) is 0 Å². The zero-order chi connectivity index (χ0) is 19.8. The Kier molecular flexibility index (Phi) is 8.43. The van der Waals surface area contributed by atoms with Gasteiger partial charge in [-0.15, -0.1) is 0 Å². The van der Waals surface area contributed by atoms with Gasteiger partial charge in [0.1, 0.15) is 9.98 Å². The first-order valence-corrected chi connectivity index (χ1v) is 10.3. The fourth-order valence-electron chi connectivity index (χ4n) is 2.10. The van der Waals surface area contributed by atoms with Gasteiger partial charge in [0.15, 0.2) is 0 Å². The minimum absolute atomic E-state index is 0.210. The Bertz CT molecular complexity index is 759. The molecule has 0 radical (unpaired) electrons. The van der Waals surface area contributed by atoms with Crippen LogP contribution in [0.3, 0.4) is 0 Å². The molecule has 4 nitrogen and oxygen atoms in total. The zero-order valence-electron chi connectivity index (χ0n) is 14.8. The number of hydrogen-bond donors (Lipinski definition) is 0. The first-order chi connectivity index (χ1) is 12.9. The predicted octanol–water partition coefficient (Wildman–Crippen LogP) is 4.34. The van der Waals surface area contributed by atoms with Crippen LogP contribution in [0.25, 0.3) is 0 Å². The molecule has 27 heavy (non-hydrogen) atoms. The SMILES string of the molecule is CN(SC(=O)CC(=O)SN(C)C(=S)c1ccccc1)C(=S)c1ccccc1. The van der Waals surface area contributed by atoms with Gasteiger partial charge in [0.2, 0.25) is 10.2 Å². The molecule has 0 aliphatic heterocycles. The van der Waals surface area contributed by atoms with Crippen LogP contribution in [0.15, 0.2) is 60.7 Å². The molecule has 0 bridgehead atoms. The van der Waals surface area contributed by atoms with Gasteiger partial charge in [-0.2, -0.15) is 0 Å². The highest BCUT2D eigenvalue weighted by atomic mass is 32.2. The van der Waals surface area contributed by atoms with Crippen molar-refractivity contribution in [3.05, 3.63) is 71.8 Å². The quantitative estimate of drug-likeness (QED) is 0.400. The fourth-order valence-corrected chi connectivity index (χ4v) is 4.06. The molecular weight excluding hydrogens is 416 g/mol. The van der Waals surface area contributed by atoms with Crippen molar-refractivity contribution in [3.63, 3.8) is 0 Å². The highest BCUT2D eigenvalue weighted by molar-refractivity contribution is 8.14. The first-order valence-electron chi connectivity index (χ1n) is 7.96. The first kappa shape index (κ1) is 21.6. The normalized spacial score (nSPS) is 10.1. The van der Waals surface area contributed by atoms with Gasteiger partial charge >= 0.3 is 0 Å². The zero-order valence-corrected chi connectivity index (χ0v) is 18.1. The van der Waals surface area contributed by atoms with Crippen molar-refractivity contribution in [1.82, 2.24) is 8.61 Å². The van der Waals surface area contributed by atoms with Gasteiger partial charge in [-0.25, -0.2) is 0 Å². The maximum atomic E-state index is 12.2. The number of rotatable bonds is 4. The fraction of sp³-hybridized carbons (Fsp3) is 0.158. The van der Waals surface area contributed by atoms with Crippen molar-refractivity contribution < 1.29 is 9.59 Å². The topological polar surface area (TPSA) is 40.6 Å². The van der Waals surface area contributed by atoms with Gasteiger partial charge in [0.05, 0.1) is 6.42 Å². The molecule has 0 aliphatic rings. The summed E-state index contributed by atoms with van der Waals surface area (Å²) < 4.78 is 3.20. The van der Waals surface area contributed by atoms with Crippen LogP contribution < -0.4 is 0 Å². The Morgan fingerprint density at radius 3 is 1.41 bits per heavy atom. The molecule has 2 rings (SSSR count). The molecule has 0 saturated carbocycles. The van der Waals surface area contributed by atoms with Gasteiger partial charge in [0.25, 0.3) is 0 Å². The molecule has 0 spiro atoms. The summed E-state index contributed by atoms with van der Waals surface area (Å²) >= 11 is 12.6. The Morgan fingerprint density at radius 2 is 1.07 bits per heavy atom. The summed E-state index contributed by atoms with van der Waals surface area (Å²) in [7, 11) is 3.43. The monoisotopic (exact) mass is 434 g/mol. The molecule has 0 aromatic heterocycles. The smallest absolute Gasteiger partial charge is 0.217 e. The van der Waals surface area contributed by atoms with Crippen LogP contribution in [-0.4, -0.2) is 42.9 Å². The van der Waals surface area contributed by atoms with E-state index < -0.39 is 0 Å². The lowest BCUT2D eigenvalue weighted by Gasteiger charge is -2.19. The number of thiocarbonyl (C=S) groups is 2. The van der Waals surface area contributed by atoms with Crippen molar-refractivity contribution in [2.24, 2.45) is 0 Å². The van der Waals surface area contributed by atoms with Gasteiger partial charge < -0.3 is 8.61 Å². The Hall–Kier alpha value is -1.74. The predicted molar refractivity (Wildman–Crippen MR) is 122 cm³/mol. The summed E-state index contributed by atoms with van der Waals surface area (Å²) in [6.45, 7) is 0. The van der Waals surface area contributed by atoms with Crippen molar-refractivity contribution in [1.29, 1.82) is 0 Å². The van der Waals surface area contributed by atoms with E-state index in [2.05, 4.69) is 0 Å². The molecule has 0 atom stereocenters. The second kappa shape index (κ2) is 10.6. The van der Waals surface area contributed by atoms with Gasteiger partial charge in [-0.1, -0.05) is 85.1 Å². The van der Waals surface area contributed by atoms with Crippen LogP contribution in [0.1, 0.15) is 17.5 Å². The number of carbonyl (C=O) groups excluding carboxylic acids is 2. The van der Waals surface area contributed by atoms with Crippen molar-refractivity contribution >= 4 is 68.5 Å². The van der Waals surface area contributed by atoms with E-state index in [9.17, 15) is 9.59 Å². The van der Waals surface area contributed by atoms with E-state index in [0.29, 0.717) is 9.98 Å². The third kappa shape index (κ3) is 6.73. The molecule has 0 unspecified atom stereocenters. The minimum Gasteiger partial charge on any atom is -0.303 e. The Labute approximate surface area is 178 Å². The Balaban J connectivity index is 1.83. The summed E-state index contributed by atoms with van der Waals surface area (Å²) in [5.41, 5.74) is 1.70. The molecule has 0 amide bonds. The van der Waals surface area contributed by atoms with Crippen LogP contribution in [0.4, 0.5) is 0 Å². The second-order valence-electron chi connectivity index (χ2n) is 5.44. The van der Waals surface area contributed by atoms with E-state index in [1.165, 1.54) is 0 Å². The van der Waals surface area contributed by atoms with Crippen molar-refractivity contribution in [2.45, 2.75) is 6.42 Å². The third-order valence-electron chi connectivity index (χ3n) is 3.38. The summed E-state index contributed by atoms with van der Waals surface area (Å²) in [5, 5.41) is -0.542. The minimum atomic E-state index is -0.271. The van der Waals surface area contributed by atoms with E-state index in [4.69, 9.17) is 24.4 Å². The molecule has 8 heteroatoms. The van der Waals surface area contributed by atoms with Gasteiger partial charge in [0, 0.05) is 49.1 Å². The standard InChI is InChI=1S/C19H18N2O2S4/c1-20(18(24)14-9-5-3-6-10-14)26-16(22)13-17(23)27-21(2)19(25)15-11-7-4-8-12-15/h3-12H,13H2,1-2H3. The molecule has 0 fully saturated rings. The summed E-state index contributed by atoms with van der Waals surface area (Å²) in [6.07, 6.45) is -0.210. The number of nitrogens with zero attached hydrogens (tertiary/aromatic N) is 2. The number of hydrogen-bond acceptors (Lipinski definition) is 6. The van der Waals surface area contributed by atoms with E-state index in [-0.39, 0.29) is 16.7 Å². The lowest BCUT2D eigenvalue weighted by atomic mass is 10.2. The second-order valence-corrected chi connectivity index (χ2v) is 8.59. The molecule has 0 heterocycles. The average molecular weight is 435 g/mol.